The zero-order valence-electron chi connectivity index (χ0n) is 27.5. The molecule has 0 aliphatic carbocycles. The third-order valence-corrected chi connectivity index (χ3v) is 9.77. The molecule has 6 rings (SSSR count). The van der Waals surface area contributed by atoms with Crippen LogP contribution in [0.5, 0.6) is 17.2 Å². The van der Waals surface area contributed by atoms with Gasteiger partial charge >= 0.3 is 0 Å². The van der Waals surface area contributed by atoms with Gasteiger partial charge in [-0.3, -0.25) is 19.3 Å². The Morgan fingerprint density at radius 1 is 0.740 bits per heavy atom. The molecule has 0 saturated carbocycles. The summed E-state index contributed by atoms with van der Waals surface area (Å²) >= 11 is 3.02. The van der Waals surface area contributed by atoms with E-state index in [0.29, 0.717) is 34.1 Å². The fraction of sp³-hybridized carbons (Fsp3) is 0.103. The maximum atomic E-state index is 13.8. The van der Waals surface area contributed by atoms with E-state index in [0.717, 1.165) is 26.1 Å². The van der Waals surface area contributed by atoms with Crippen LogP contribution < -0.4 is 29.7 Å². The van der Waals surface area contributed by atoms with Crippen molar-refractivity contribution in [3.05, 3.63) is 132 Å². The molecule has 0 saturated heterocycles. The lowest BCUT2D eigenvalue weighted by Gasteiger charge is -2.31. The molecule has 0 bridgehead atoms. The number of carbonyl (C=O) groups excluding carboxylic acids is 3. The Kier molecular flexibility index (Phi) is 10.8. The summed E-state index contributed by atoms with van der Waals surface area (Å²) < 4.78 is 16.4. The van der Waals surface area contributed by atoms with Crippen LogP contribution >= 0.6 is 23.5 Å². The largest absolute Gasteiger partial charge is 0.493 e. The highest BCUT2D eigenvalue weighted by Crippen LogP contribution is 2.48. The predicted molar refractivity (Wildman–Crippen MR) is 198 cm³/mol. The molecule has 1 aliphatic rings. The van der Waals surface area contributed by atoms with E-state index in [1.807, 2.05) is 54.6 Å². The number of ether oxygens (including phenoxy) is 3. The predicted octanol–water partition coefficient (Wildman–Crippen LogP) is 8.04. The van der Waals surface area contributed by atoms with Crippen LogP contribution in [0.25, 0.3) is 6.08 Å². The number of thioether (sulfide) groups is 1. The number of carbonyl (C=O) groups is 3. The molecule has 0 atom stereocenters. The van der Waals surface area contributed by atoms with Gasteiger partial charge in [-0.15, -0.1) is 11.8 Å². The minimum Gasteiger partial charge on any atom is -0.493 e. The van der Waals surface area contributed by atoms with Crippen molar-refractivity contribution in [3.8, 4) is 17.2 Å². The number of hydrogen-bond donors (Lipinski definition) is 2. The topological polar surface area (TPSA) is 106 Å². The zero-order valence-corrected chi connectivity index (χ0v) is 29.1. The van der Waals surface area contributed by atoms with E-state index >= 15 is 0 Å². The first kappa shape index (κ1) is 34.2. The molecule has 0 spiro atoms. The normalized spacial score (nSPS) is 11.9. The van der Waals surface area contributed by atoms with Crippen LogP contribution in [-0.2, 0) is 9.59 Å². The van der Waals surface area contributed by atoms with Gasteiger partial charge in [0, 0.05) is 25.9 Å². The van der Waals surface area contributed by atoms with Gasteiger partial charge in [-0.1, -0.05) is 60.3 Å². The lowest BCUT2D eigenvalue weighted by molar-refractivity contribution is -0.115. The van der Waals surface area contributed by atoms with Crippen LogP contribution in [0.2, 0.25) is 0 Å². The van der Waals surface area contributed by atoms with Crippen molar-refractivity contribution < 1.29 is 28.6 Å². The molecule has 252 valence electrons. The van der Waals surface area contributed by atoms with Gasteiger partial charge in [0.25, 0.3) is 11.8 Å². The second kappa shape index (κ2) is 15.7. The van der Waals surface area contributed by atoms with Crippen molar-refractivity contribution in [2.75, 3.05) is 37.3 Å². The van der Waals surface area contributed by atoms with E-state index in [4.69, 9.17) is 14.2 Å². The Hall–Kier alpha value is -5.65. The number of nitrogens with one attached hydrogen (secondary N) is 2. The monoisotopic (exact) mass is 703 g/mol. The van der Waals surface area contributed by atoms with Crippen LogP contribution in [-0.4, -0.2) is 44.8 Å². The first-order chi connectivity index (χ1) is 24.4. The van der Waals surface area contributed by atoms with Crippen molar-refractivity contribution in [3.63, 3.8) is 0 Å². The number of benzene rings is 5. The summed E-state index contributed by atoms with van der Waals surface area (Å²) in [6.07, 6.45) is 1.53. The van der Waals surface area contributed by atoms with Crippen molar-refractivity contribution in [1.82, 2.24) is 5.32 Å². The molecule has 1 aliphatic heterocycles. The van der Waals surface area contributed by atoms with Gasteiger partial charge in [-0.2, -0.15) is 0 Å². The van der Waals surface area contributed by atoms with Gasteiger partial charge in [0.2, 0.25) is 11.7 Å². The molecule has 11 heteroatoms. The van der Waals surface area contributed by atoms with Gasteiger partial charge in [0.05, 0.1) is 38.5 Å². The second-order valence-corrected chi connectivity index (χ2v) is 13.0. The fourth-order valence-electron chi connectivity index (χ4n) is 5.34. The maximum Gasteiger partial charge on any atom is 0.272 e. The Morgan fingerprint density at radius 3 is 1.98 bits per heavy atom. The number of para-hydroxylation sites is 2. The first-order valence-corrected chi connectivity index (χ1v) is 17.3. The van der Waals surface area contributed by atoms with Gasteiger partial charge in [0.15, 0.2) is 11.5 Å². The molecule has 9 nitrogen and oxygen atoms in total. The molecule has 3 amide bonds. The van der Waals surface area contributed by atoms with Gasteiger partial charge < -0.3 is 24.8 Å². The third kappa shape index (κ3) is 7.64. The molecule has 50 heavy (non-hydrogen) atoms. The quantitative estimate of drug-likeness (QED) is 0.105. The average Bonchev–Trinajstić information content (AvgIpc) is 3.15. The summed E-state index contributed by atoms with van der Waals surface area (Å²) in [5, 5.41) is 5.65. The molecule has 1 heterocycles. The van der Waals surface area contributed by atoms with E-state index < -0.39 is 11.8 Å². The summed E-state index contributed by atoms with van der Waals surface area (Å²) in [4.78, 5) is 45.3. The van der Waals surface area contributed by atoms with E-state index in [-0.39, 0.29) is 17.4 Å². The number of anilines is 3. The number of hydrogen-bond acceptors (Lipinski definition) is 8. The van der Waals surface area contributed by atoms with Crippen LogP contribution in [0.3, 0.4) is 0 Å². The Bertz CT molecular complexity index is 2020. The molecule has 2 N–H and O–H groups in total. The highest BCUT2D eigenvalue weighted by molar-refractivity contribution is 8.00. The molecular weight excluding hydrogens is 671 g/mol. The van der Waals surface area contributed by atoms with E-state index in [9.17, 15) is 14.4 Å². The average molecular weight is 704 g/mol. The van der Waals surface area contributed by atoms with Crippen LogP contribution in [0.1, 0.15) is 15.9 Å². The number of amides is 3. The van der Waals surface area contributed by atoms with Crippen LogP contribution in [0, 0.1) is 0 Å². The lowest BCUT2D eigenvalue weighted by atomic mass is 10.1. The third-order valence-electron chi connectivity index (χ3n) is 7.66. The minimum atomic E-state index is -0.555. The molecular formula is C39H33N3O6S2. The Morgan fingerprint density at radius 2 is 1.36 bits per heavy atom. The summed E-state index contributed by atoms with van der Waals surface area (Å²) in [5.41, 5.74) is 3.10. The fourth-order valence-corrected chi connectivity index (χ4v) is 7.20. The smallest absolute Gasteiger partial charge is 0.272 e. The van der Waals surface area contributed by atoms with Crippen molar-refractivity contribution >= 4 is 64.4 Å². The van der Waals surface area contributed by atoms with Gasteiger partial charge in [-0.05, 0) is 78.4 Å². The van der Waals surface area contributed by atoms with Gasteiger partial charge in [-0.25, -0.2) is 0 Å². The zero-order chi connectivity index (χ0) is 35.0. The Balaban J connectivity index is 1.22. The van der Waals surface area contributed by atoms with E-state index in [1.165, 1.54) is 39.2 Å². The molecule has 0 radical (unpaired) electrons. The second-order valence-electron chi connectivity index (χ2n) is 10.9. The number of fused-ring (bicyclic) bond motifs is 2. The lowest BCUT2D eigenvalue weighted by Crippen LogP contribution is -2.30. The number of rotatable bonds is 11. The van der Waals surface area contributed by atoms with Gasteiger partial charge in [0.1, 0.15) is 5.70 Å². The Labute approximate surface area is 298 Å². The molecule has 5 aromatic rings. The summed E-state index contributed by atoms with van der Waals surface area (Å²) in [5.74, 6) is 0.269. The first-order valence-electron chi connectivity index (χ1n) is 15.5. The molecule has 5 aromatic carbocycles. The summed E-state index contributed by atoms with van der Waals surface area (Å²) in [6, 6.07) is 34.9. The van der Waals surface area contributed by atoms with Crippen LogP contribution in [0.4, 0.5) is 17.1 Å². The molecule has 0 fully saturated rings. The highest BCUT2D eigenvalue weighted by atomic mass is 32.2. The van der Waals surface area contributed by atoms with Crippen LogP contribution in [0.15, 0.2) is 136 Å². The van der Waals surface area contributed by atoms with Crippen molar-refractivity contribution in [2.45, 2.75) is 14.7 Å². The standard InChI is InChI=1S/C39H33N3O6S2/c1-46-32-21-25(22-33(47-2)37(32)48-3)20-29(41-38(44)26-12-5-4-6-13-26)39(45)40-27-14-11-15-28(23-27)49-24-36(43)42-30-16-7-9-18-34(30)50-35-19-10-8-17-31(35)42/h4-23H,24H2,1-3H3,(H,40,45)(H,41,44)/b29-20-. The van der Waals surface area contributed by atoms with E-state index in [2.05, 4.69) is 10.6 Å². The maximum absolute atomic E-state index is 13.8. The summed E-state index contributed by atoms with van der Waals surface area (Å²) in [7, 11) is 4.50. The number of methoxy groups -OCH3 is 3. The van der Waals surface area contributed by atoms with E-state index in [1.54, 1.807) is 77.3 Å². The minimum absolute atomic E-state index is 0.0124. The van der Waals surface area contributed by atoms with Crippen molar-refractivity contribution in [2.24, 2.45) is 0 Å². The molecule has 0 aromatic heterocycles. The van der Waals surface area contributed by atoms with Crippen molar-refractivity contribution in [1.29, 1.82) is 0 Å². The number of nitrogens with zero attached hydrogens (tertiary/aromatic N) is 1. The highest BCUT2D eigenvalue weighted by Gasteiger charge is 2.28. The summed E-state index contributed by atoms with van der Waals surface area (Å²) in [6.45, 7) is 0. The molecule has 0 unspecified atom stereocenters. The SMILES string of the molecule is COc1cc(/C=C(\NC(=O)c2ccccc2)C(=O)Nc2cccc(SCC(=O)N3c4ccccc4Sc4ccccc43)c2)cc(OC)c1OC.